The number of guanidine groups is 1. The fraction of sp³-hybridized carbons (Fsp3) is 0.824. The number of carboxylic acids is 1. The molecular formula is C34H56N4O6. The first-order valence-corrected chi connectivity index (χ1v) is 17.1. The molecule has 4 aliphatic carbocycles. The summed E-state index contributed by atoms with van der Waals surface area (Å²) in [5.74, 6) is 0.0772. The number of hydrogen-bond acceptors (Lipinski definition) is 7. The zero-order chi connectivity index (χ0) is 31.7. The Balaban J connectivity index is 1.52. The number of nitrogens with two attached hydrogens (primary N) is 1. The summed E-state index contributed by atoms with van der Waals surface area (Å²) in [7, 11) is 1.68. The average Bonchev–Trinajstić information content (AvgIpc) is 3.35. The summed E-state index contributed by atoms with van der Waals surface area (Å²) < 4.78 is 6.55. The van der Waals surface area contributed by atoms with Crippen molar-refractivity contribution >= 4 is 11.9 Å². The third-order valence-electron chi connectivity index (χ3n) is 12.3. The van der Waals surface area contributed by atoms with Gasteiger partial charge in [0.05, 0.1) is 31.0 Å². The molecule has 1 aliphatic heterocycles. The molecule has 248 valence electrons. The standard InChI is InChI=1S/C34H56N4O6/c1-4-5-6-7-23-9-11-26(40)17-28(23)44-21-32(43)19-33-22(2)8-10-24(16-27(33)29(32)30(41)42)34(33)20-38(31(35)36-3)14-12-25(34)18-37-13-15-39/h12,14,22-26,28,37,39-40,43H,4-11,13,15-21H2,1-3H3,(H2,35,36)(H,41,42). The number of carbonyl (C=O) groups is 1. The molecule has 10 heteroatoms. The van der Waals surface area contributed by atoms with Crippen LogP contribution in [0.2, 0.25) is 0 Å². The summed E-state index contributed by atoms with van der Waals surface area (Å²) in [4.78, 5) is 19.4. The lowest BCUT2D eigenvalue weighted by molar-refractivity contribution is -0.147. The van der Waals surface area contributed by atoms with Crippen LogP contribution in [0.4, 0.5) is 0 Å². The normalized spacial score (nSPS) is 40.2. The number of nitrogens with zero attached hydrogens (tertiary/aromatic N) is 2. The average molecular weight is 617 g/mol. The number of aliphatic carboxylic acids is 1. The topological polar surface area (TPSA) is 161 Å². The van der Waals surface area contributed by atoms with Crippen molar-refractivity contribution in [2.24, 2.45) is 45.2 Å². The summed E-state index contributed by atoms with van der Waals surface area (Å²) in [5.41, 5.74) is 4.83. The van der Waals surface area contributed by atoms with Gasteiger partial charge in [-0.1, -0.05) is 39.2 Å². The summed E-state index contributed by atoms with van der Waals surface area (Å²) >= 11 is 0. The zero-order valence-electron chi connectivity index (χ0n) is 27.0. The van der Waals surface area contributed by atoms with Gasteiger partial charge in [-0.05, 0) is 80.6 Å². The number of allylic oxidation sites excluding steroid dienone is 1. The minimum Gasteiger partial charge on any atom is -0.478 e. The number of carboxylic acid groups (broad SMARTS) is 1. The van der Waals surface area contributed by atoms with E-state index >= 15 is 0 Å². The van der Waals surface area contributed by atoms with Crippen LogP contribution in [0, 0.1) is 34.5 Å². The van der Waals surface area contributed by atoms with Gasteiger partial charge in [-0.15, -0.1) is 0 Å². The minimum absolute atomic E-state index is 0.0384. The smallest absolute Gasteiger partial charge is 0.334 e. The van der Waals surface area contributed by atoms with Gasteiger partial charge in [0.2, 0.25) is 0 Å². The third-order valence-corrected chi connectivity index (χ3v) is 12.3. The maximum atomic E-state index is 13.2. The lowest BCUT2D eigenvalue weighted by atomic mass is 9.46. The van der Waals surface area contributed by atoms with Crippen molar-refractivity contribution in [1.29, 1.82) is 0 Å². The number of nitrogens with one attached hydrogen (secondary N) is 1. The molecule has 2 spiro atoms. The van der Waals surface area contributed by atoms with E-state index < -0.39 is 23.1 Å². The Morgan fingerprint density at radius 3 is 2.75 bits per heavy atom. The van der Waals surface area contributed by atoms with Crippen molar-refractivity contribution < 1.29 is 30.0 Å². The fourth-order valence-electron chi connectivity index (χ4n) is 10.3. The molecule has 5 rings (SSSR count). The second kappa shape index (κ2) is 13.4. The molecule has 0 amide bonds. The second-order valence-corrected chi connectivity index (χ2v) is 14.4. The summed E-state index contributed by atoms with van der Waals surface area (Å²) in [5, 5.41) is 46.8. The number of unbranched alkanes of at least 4 members (excludes halogenated alkanes) is 2. The first kappa shape index (κ1) is 33.4. The predicted octanol–water partition coefficient (Wildman–Crippen LogP) is 3.02. The molecule has 7 N–H and O–H groups in total. The Hall–Kier alpha value is -1.98. The molecule has 10 nitrogen and oxygen atoms in total. The van der Waals surface area contributed by atoms with E-state index in [9.17, 15) is 25.2 Å². The number of ether oxygens (including phenoxy) is 1. The molecule has 9 unspecified atom stereocenters. The number of rotatable bonds is 12. The quantitative estimate of drug-likeness (QED) is 0.110. The number of aliphatic hydroxyl groups excluding tert-OH is 2. The van der Waals surface area contributed by atoms with E-state index in [-0.39, 0.29) is 48.1 Å². The van der Waals surface area contributed by atoms with E-state index in [0.717, 1.165) is 56.9 Å². The SMILES string of the molecule is CCCCCC1CCC(O)CC1OCC1(O)CC23C(=C1C(=O)O)CC(CCC2C)C31CN(C(N)=NC)C=CC1CNCCO. The molecule has 9 atom stereocenters. The second-order valence-electron chi connectivity index (χ2n) is 14.4. The van der Waals surface area contributed by atoms with Gasteiger partial charge in [-0.2, -0.15) is 0 Å². The molecule has 2 bridgehead atoms. The van der Waals surface area contributed by atoms with Crippen LogP contribution in [-0.2, 0) is 9.53 Å². The summed E-state index contributed by atoms with van der Waals surface area (Å²) in [6, 6.07) is 0. The van der Waals surface area contributed by atoms with Crippen LogP contribution in [0.15, 0.2) is 28.4 Å². The van der Waals surface area contributed by atoms with E-state index in [4.69, 9.17) is 10.5 Å². The summed E-state index contributed by atoms with van der Waals surface area (Å²) in [6.07, 6.45) is 13.0. The van der Waals surface area contributed by atoms with E-state index in [1.807, 2.05) is 11.1 Å². The van der Waals surface area contributed by atoms with Crippen LogP contribution >= 0.6 is 0 Å². The van der Waals surface area contributed by atoms with Gasteiger partial charge in [0.1, 0.15) is 5.60 Å². The highest BCUT2D eigenvalue weighted by Crippen LogP contribution is 2.77. The molecular weight excluding hydrogens is 560 g/mol. The number of aliphatic hydroxyl groups is 3. The lowest BCUT2D eigenvalue weighted by Gasteiger charge is -2.61. The Bertz CT molecular complexity index is 1140. The molecule has 44 heavy (non-hydrogen) atoms. The predicted molar refractivity (Wildman–Crippen MR) is 170 cm³/mol. The number of hydrogen-bond donors (Lipinski definition) is 6. The highest BCUT2D eigenvalue weighted by molar-refractivity contribution is 5.92. The summed E-state index contributed by atoms with van der Waals surface area (Å²) in [6.45, 7) is 6.08. The van der Waals surface area contributed by atoms with Gasteiger partial charge in [0.25, 0.3) is 0 Å². The van der Waals surface area contributed by atoms with Crippen LogP contribution in [0.5, 0.6) is 0 Å². The molecule has 0 aromatic rings. The third kappa shape index (κ3) is 5.52. The zero-order valence-corrected chi connectivity index (χ0v) is 27.0. The maximum Gasteiger partial charge on any atom is 0.334 e. The van der Waals surface area contributed by atoms with Crippen LogP contribution < -0.4 is 11.1 Å². The van der Waals surface area contributed by atoms with Gasteiger partial charge in [0.15, 0.2) is 5.96 Å². The highest BCUT2D eigenvalue weighted by Gasteiger charge is 2.75. The first-order chi connectivity index (χ1) is 21.1. The largest absolute Gasteiger partial charge is 0.478 e. The van der Waals surface area contributed by atoms with E-state index in [1.165, 1.54) is 0 Å². The first-order valence-electron chi connectivity index (χ1n) is 17.1. The molecule has 0 aromatic heterocycles. The Morgan fingerprint density at radius 1 is 1.25 bits per heavy atom. The van der Waals surface area contributed by atoms with Crippen molar-refractivity contribution in [2.75, 3.05) is 39.9 Å². The van der Waals surface area contributed by atoms with Gasteiger partial charge in [-0.3, -0.25) is 4.99 Å². The highest BCUT2D eigenvalue weighted by atomic mass is 16.5. The lowest BCUT2D eigenvalue weighted by Crippen LogP contribution is -2.62. The van der Waals surface area contributed by atoms with Crippen molar-refractivity contribution in [3.8, 4) is 0 Å². The van der Waals surface area contributed by atoms with Crippen LogP contribution in [0.1, 0.15) is 84.5 Å². The van der Waals surface area contributed by atoms with Crippen molar-refractivity contribution in [3.05, 3.63) is 23.4 Å². The fourth-order valence-corrected chi connectivity index (χ4v) is 10.3. The van der Waals surface area contributed by atoms with Crippen molar-refractivity contribution in [3.63, 3.8) is 0 Å². The molecule has 5 aliphatic rings. The van der Waals surface area contributed by atoms with Crippen molar-refractivity contribution in [1.82, 2.24) is 10.2 Å². The van der Waals surface area contributed by atoms with Crippen LogP contribution in [0.3, 0.4) is 0 Å². The Labute approximate surface area is 262 Å². The van der Waals surface area contributed by atoms with Gasteiger partial charge in [-0.25, -0.2) is 4.79 Å². The molecule has 0 radical (unpaired) electrons. The van der Waals surface area contributed by atoms with Gasteiger partial charge < -0.3 is 41.1 Å². The van der Waals surface area contributed by atoms with Crippen LogP contribution in [-0.4, -0.2) is 95.0 Å². The van der Waals surface area contributed by atoms with Gasteiger partial charge in [0, 0.05) is 43.7 Å². The van der Waals surface area contributed by atoms with Gasteiger partial charge >= 0.3 is 5.97 Å². The van der Waals surface area contributed by atoms with Crippen molar-refractivity contribution in [2.45, 2.75) is 102 Å². The Kier molecular flexibility index (Phi) is 10.2. The maximum absolute atomic E-state index is 13.2. The Morgan fingerprint density at radius 2 is 2.05 bits per heavy atom. The molecule has 3 saturated carbocycles. The molecule has 0 aromatic carbocycles. The molecule has 1 heterocycles. The van der Waals surface area contributed by atoms with E-state index in [0.29, 0.717) is 50.8 Å². The minimum atomic E-state index is -1.64. The molecule has 0 saturated heterocycles. The molecule has 3 fully saturated rings. The monoisotopic (exact) mass is 616 g/mol. The number of aliphatic imine (C=N–C) groups is 1. The van der Waals surface area contributed by atoms with Crippen LogP contribution in [0.25, 0.3) is 0 Å². The van der Waals surface area contributed by atoms with E-state index in [2.05, 4.69) is 30.2 Å². The van der Waals surface area contributed by atoms with E-state index in [1.54, 1.807) is 7.05 Å².